The molecule has 0 aliphatic carbocycles. The monoisotopic (exact) mass is 349 g/mol. The molecule has 1 aromatic heterocycles. The minimum absolute atomic E-state index is 0.169. The van der Waals surface area contributed by atoms with Crippen LogP contribution < -0.4 is 10.9 Å². The van der Waals surface area contributed by atoms with Gasteiger partial charge in [-0.3, -0.25) is 9.59 Å². The SMILES string of the molecule is Cc1cccc(C)c1NC(=O)c1nn(CC(C)C)c(=O)c2ccccc12. The Hall–Kier alpha value is -2.95. The van der Waals surface area contributed by atoms with E-state index in [9.17, 15) is 9.59 Å². The Bertz CT molecular complexity index is 1010. The number of amides is 1. The van der Waals surface area contributed by atoms with Crippen molar-refractivity contribution in [1.82, 2.24) is 9.78 Å². The summed E-state index contributed by atoms with van der Waals surface area (Å²) in [5, 5.41) is 8.44. The summed E-state index contributed by atoms with van der Waals surface area (Å²) in [5.41, 5.74) is 2.85. The Balaban J connectivity index is 2.13. The van der Waals surface area contributed by atoms with Crippen LogP contribution in [0.3, 0.4) is 0 Å². The zero-order chi connectivity index (χ0) is 18.8. The minimum Gasteiger partial charge on any atom is -0.320 e. The average Bonchev–Trinajstić information content (AvgIpc) is 2.60. The molecule has 1 amide bonds. The van der Waals surface area contributed by atoms with E-state index in [0.717, 1.165) is 16.8 Å². The van der Waals surface area contributed by atoms with Crippen molar-refractivity contribution in [3.05, 3.63) is 69.6 Å². The third kappa shape index (κ3) is 3.38. The fourth-order valence-electron chi connectivity index (χ4n) is 3.06. The van der Waals surface area contributed by atoms with Crippen molar-refractivity contribution in [2.45, 2.75) is 34.2 Å². The van der Waals surface area contributed by atoms with Crippen molar-refractivity contribution in [3.8, 4) is 0 Å². The molecule has 0 radical (unpaired) electrons. The Morgan fingerprint density at radius 1 is 1.04 bits per heavy atom. The molecule has 0 atom stereocenters. The molecule has 0 bridgehead atoms. The molecule has 3 aromatic rings. The molecule has 0 fully saturated rings. The van der Waals surface area contributed by atoms with Gasteiger partial charge in [0.25, 0.3) is 11.5 Å². The quantitative estimate of drug-likeness (QED) is 0.776. The molecule has 0 saturated carbocycles. The van der Waals surface area contributed by atoms with E-state index in [4.69, 9.17) is 0 Å². The molecular weight excluding hydrogens is 326 g/mol. The molecule has 2 aromatic carbocycles. The second-order valence-electron chi connectivity index (χ2n) is 7.00. The van der Waals surface area contributed by atoms with Gasteiger partial charge in [0.2, 0.25) is 0 Å². The maximum atomic E-state index is 13.0. The Morgan fingerprint density at radius 3 is 2.27 bits per heavy atom. The molecule has 1 heterocycles. The van der Waals surface area contributed by atoms with Crippen molar-refractivity contribution >= 4 is 22.4 Å². The first kappa shape index (κ1) is 17.9. The van der Waals surface area contributed by atoms with Gasteiger partial charge in [-0.15, -0.1) is 0 Å². The lowest BCUT2D eigenvalue weighted by Crippen LogP contribution is -2.29. The van der Waals surface area contributed by atoms with Crippen LogP contribution in [0.25, 0.3) is 10.8 Å². The number of anilines is 1. The van der Waals surface area contributed by atoms with E-state index in [-0.39, 0.29) is 23.1 Å². The van der Waals surface area contributed by atoms with Crippen molar-refractivity contribution in [3.63, 3.8) is 0 Å². The van der Waals surface area contributed by atoms with Gasteiger partial charge in [-0.05, 0) is 37.0 Å². The largest absolute Gasteiger partial charge is 0.320 e. The summed E-state index contributed by atoms with van der Waals surface area (Å²) in [4.78, 5) is 25.7. The van der Waals surface area contributed by atoms with Gasteiger partial charge >= 0.3 is 0 Å². The summed E-state index contributed by atoms with van der Waals surface area (Å²) in [6, 6.07) is 13.0. The first-order chi connectivity index (χ1) is 12.4. The molecule has 0 unspecified atom stereocenters. The van der Waals surface area contributed by atoms with Gasteiger partial charge in [-0.2, -0.15) is 5.10 Å². The zero-order valence-corrected chi connectivity index (χ0v) is 15.5. The lowest BCUT2D eigenvalue weighted by Gasteiger charge is -2.14. The average molecular weight is 349 g/mol. The molecule has 0 aliphatic rings. The minimum atomic E-state index is -0.309. The van der Waals surface area contributed by atoms with Gasteiger partial charge in [-0.25, -0.2) is 4.68 Å². The third-order valence-electron chi connectivity index (χ3n) is 4.34. The fourth-order valence-corrected chi connectivity index (χ4v) is 3.06. The predicted molar refractivity (Wildman–Crippen MR) is 105 cm³/mol. The van der Waals surface area contributed by atoms with Crippen molar-refractivity contribution in [2.75, 3.05) is 5.32 Å². The molecule has 134 valence electrons. The van der Waals surface area contributed by atoms with Gasteiger partial charge in [0.15, 0.2) is 5.69 Å². The number of nitrogens with zero attached hydrogens (tertiary/aromatic N) is 2. The second-order valence-corrected chi connectivity index (χ2v) is 7.00. The predicted octanol–water partition coefficient (Wildman–Crippen LogP) is 3.92. The molecule has 1 N–H and O–H groups in total. The number of fused-ring (bicyclic) bond motifs is 1. The van der Waals surface area contributed by atoms with E-state index in [2.05, 4.69) is 10.4 Å². The molecule has 0 aliphatic heterocycles. The molecule has 5 nitrogen and oxygen atoms in total. The van der Waals surface area contributed by atoms with Gasteiger partial charge in [-0.1, -0.05) is 50.2 Å². The number of hydrogen-bond acceptors (Lipinski definition) is 3. The number of para-hydroxylation sites is 1. The fraction of sp³-hybridized carbons (Fsp3) is 0.286. The van der Waals surface area contributed by atoms with Crippen LogP contribution in [0.4, 0.5) is 5.69 Å². The molecule has 26 heavy (non-hydrogen) atoms. The normalized spacial score (nSPS) is 11.1. The van der Waals surface area contributed by atoms with Crippen LogP contribution in [0.2, 0.25) is 0 Å². The van der Waals surface area contributed by atoms with Crippen molar-refractivity contribution < 1.29 is 4.79 Å². The molecule has 3 rings (SSSR count). The summed E-state index contributed by atoms with van der Waals surface area (Å²) in [7, 11) is 0. The molecule has 0 saturated heterocycles. The van der Waals surface area contributed by atoms with E-state index < -0.39 is 0 Å². The number of rotatable bonds is 4. The van der Waals surface area contributed by atoms with Gasteiger partial charge < -0.3 is 5.32 Å². The Labute approximate surface area is 152 Å². The summed E-state index contributed by atoms with van der Waals surface area (Å²) in [6.07, 6.45) is 0. The topological polar surface area (TPSA) is 64.0 Å². The van der Waals surface area contributed by atoms with E-state index in [1.807, 2.05) is 52.0 Å². The standard InChI is InChI=1S/C21H23N3O2/c1-13(2)12-24-21(26)17-11-6-5-10-16(17)19(23-24)20(25)22-18-14(3)8-7-9-15(18)4/h5-11,13H,12H2,1-4H3,(H,22,25). The van der Waals surface area contributed by atoms with Crippen LogP contribution in [-0.2, 0) is 6.54 Å². The number of carbonyl (C=O) groups excluding carboxylic acids is 1. The van der Waals surface area contributed by atoms with Crippen LogP contribution in [-0.4, -0.2) is 15.7 Å². The van der Waals surface area contributed by atoms with Gasteiger partial charge in [0, 0.05) is 17.6 Å². The molecular formula is C21H23N3O2. The zero-order valence-electron chi connectivity index (χ0n) is 15.5. The first-order valence-electron chi connectivity index (χ1n) is 8.76. The van der Waals surface area contributed by atoms with Crippen molar-refractivity contribution in [2.24, 2.45) is 5.92 Å². The van der Waals surface area contributed by atoms with Crippen LogP contribution in [0.15, 0.2) is 47.3 Å². The van der Waals surface area contributed by atoms with Crippen LogP contribution >= 0.6 is 0 Å². The highest BCUT2D eigenvalue weighted by Crippen LogP contribution is 2.21. The maximum Gasteiger partial charge on any atom is 0.276 e. The lowest BCUT2D eigenvalue weighted by molar-refractivity contribution is 0.102. The Kier molecular flexibility index (Phi) is 4.89. The van der Waals surface area contributed by atoms with Crippen molar-refractivity contribution in [1.29, 1.82) is 0 Å². The maximum absolute atomic E-state index is 13.0. The van der Waals surface area contributed by atoms with E-state index in [0.29, 0.717) is 17.3 Å². The summed E-state index contributed by atoms with van der Waals surface area (Å²) < 4.78 is 1.40. The number of aryl methyl sites for hydroxylation is 2. The smallest absolute Gasteiger partial charge is 0.276 e. The number of carbonyl (C=O) groups is 1. The number of benzene rings is 2. The van der Waals surface area contributed by atoms with Gasteiger partial charge in [0.05, 0.1) is 5.39 Å². The number of hydrogen-bond donors (Lipinski definition) is 1. The van der Waals surface area contributed by atoms with E-state index in [1.165, 1.54) is 4.68 Å². The van der Waals surface area contributed by atoms with Crippen LogP contribution in [0.1, 0.15) is 35.5 Å². The second kappa shape index (κ2) is 7.12. The third-order valence-corrected chi connectivity index (χ3v) is 4.34. The van der Waals surface area contributed by atoms with Crippen LogP contribution in [0.5, 0.6) is 0 Å². The highest BCUT2D eigenvalue weighted by atomic mass is 16.2. The van der Waals surface area contributed by atoms with E-state index >= 15 is 0 Å². The molecule has 5 heteroatoms. The summed E-state index contributed by atoms with van der Waals surface area (Å²) in [5.74, 6) is -0.0630. The summed E-state index contributed by atoms with van der Waals surface area (Å²) in [6.45, 7) is 8.40. The summed E-state index contributed by atoms with van der Waals surface area (Å²) >= 11 is 0. The Morgan fingerprint density at radius 2 is 1.65 bits per heavy atom. The van der Waals surface area contributed by atoms with Gasteiger partial charge in [0.1, 0.15) is 0 Å². The first-order valence-corrected chi connectivity index (χ1v) is 8.76. The van der Waals surface area contributed by atoms with E-state index in [1.54, 1.807) is 18.2 Å². The highest BCUT2D eigenvalue weighted by Gasteiger charge is 2.18. The molecule has 0 spiro atoms. The number of nitrogens with one attached hydrogen (secondary N) is 1. The lowest BCUT2D eigenvalue weighted by atomic mass is 10.1. The number of aromatic nitrogens is 2. The van der Waals surface area contributed by atoms with Crippen LogP contribution in [0, 0.1) is 19.8 Å². The highest BCUT2D eigenvalue weighted by molar-refractivity contribution is 6.11.